The van der Waals surface area contributed by atoms with Crippen LogP contribution in [0.15, 0.2) is 79.4 Å². The van der Waals surface area contributed by atoms with Gasteiger partial charge < -0.3 is 9.72 Å². The minimum atomic E-state index is -0.216. The predicted octanol–water partition coefficient (Wildman–Crippen LogP) is 4.51. The number of pyridine rings is 2. The average Bonchev–Trinajstić information content (AvgIpc) is 3.11. The van der Waals surface area contributed by atoms with E-state index in [0.717, 1.165) is 27.9 Å². The van der Waals surface area contributed by atoms with E-state index in [0.29, 0.717) is 16.9 Å². The number of aromatic nitrogens is 4. The third-order valence-electron chi connectivity index (χ3n) is 4.95. The average molecular weight is 379 g/mol. The zero-order chi connectivity index (χ0) is 19.8. The van der Waals surface area contributed by atoms with Gasteiger partial charge in [0, 0.05) is 18.0 Å². The molecule has 6 heteroatoms. The van der Waals surface area contributed by atoms with Crippen LogP contribution in [0.5, 0.6) is 0 Å². The van der Waals surface area contributed by atoms with Crippen LogP contribution in [0.25, 0.3) is 27.8 Å². The number of rotatable bonds is 3. The van der Waals surface area contributed by atoms with Crippen LogP contribution in [0.3, 0.4) is 0 Å². The molecule has 1 aromatic carbocycles. The number of nitrogens with one attached hydrogen (secondary N) is 1. The third kappa shape index (κ3) is 2.82. The first-order valence-corrected chi connectivity index (χ1v) is 9.26. The fourth-order valence-corrected chi connectivity index (χ4v) is 3.59. The lowest BCUT2D eigenvalue weighted by Gasteiger charge is -2.08. The van der Waals surface area contributed by atoms with Crippen molar-refractivity contribution in [1.29, 1.82) is 0 Å². The first-order valence-electron chi connectivity index (χ1n) is 9.26. The molecule has 29 heavy (non-hydrogen) atoms. The smallest absolute Gasteiger partial charge is 0.258 e. The molecular formula is C23H17N5O. The summed E-state index contributed by atoms with van der Waals surface area (Å²) in [4.78, 5) is 26.7. The second-order valence-corrected chi connectivity index (χ2v) is 6.71. The Morgan fingerprint density at radius 2 is 1.76 bits per heavy atom. The number of aryl methyl sites for hydroxylation is 1. The van der Waals surface area contributed by atoms with Gasteiger partial charge in [0.05, 0.1) is 33.5 Å². The molecule has 140 valence electrons. The summed E-state index contributed by atoms with van der Waals surface area (Å²) in [6.45, 7) is 1.87. The van der Waals surface area contributed by atoms with Gasteiger partial charge in [-0.3, -0.25) is 9.78 Å². The third-order valence-corrected chi connectivity index (χ3v) is 4.95. The number of carbonyl (C=O) groups is 1. The van der Waals surface area contributed by atoms with Crippen LogP contribution in [0, 0.1) is 6.92 Å². The molecule has 1 N–H and O–H groups in total. The maximum Gasteiger partial charge on any atom is 0.258 e. The molecule has 4 aromatic heterocycles. The SMILES string of the molecule is Cc1ncccc1NC(=O)c1c2c(-c3ccccc3)ncnc2n2ccccc12. The highest BCUT2D eigenvalue weighted by Gasteiger charge is 2.23. The highest BCUT2D eigenvalue weighted by molar-refractivity contribution is 6.20. The highest BCUT2D eigenvalue weighted by atomic mass is 16.1. The standard InChI is InChI=1S/C23H17N5O/c1-15-17(10-7-12-24-15)27-23(29)19-18-11-5-6-13-28(18)22-20(19)21(25-14-26-22)16-8-3-2-4-9-16/h2-14H,1H3,(H,27,29). The molecule has 0 aliphatic rings. The summed E-state index contributed by atoms with van der Waals surface area (Å²) in [6.07, 6.45) is 5.15. The lowest BCUT2D eigenvalue weighted by atomic mass is 10.0. The van der Waals surface area contributed by atoms with Crippen LogP contribution < -0.4 is 5.32 Å². The monoisotopic (exact) mass is 379 g/mol. The van der Waals surface area contributed by atoms with Gasteiger partial charge in [0.2, 0.25) is 0 Å². The molecule has 0 bridgehead atoms. The number of hydrogen-bond acceptors (Lipinski definition) is 4. The molecule has 0 unspecified atom stereocenters. The van der Waals surface area contributed by atoms with E-state index in [1.807, 2.05) is 72.1 Å². The molecule has 0 aliphatic carbocycles. The van der Waals surface area contributed by atoms with Crippen LogP contribution in [0.4, 0.5) is 5.69 Å². The van der Waals surface area contributed by atoms with Crippen LogP contribution in [0.1, 0.15) is 16.1 Å². The van der Waals surface area contributed by atoms with Gasteiger partial charge in [0.25, 0.3) is 5.91 Å². The van der Waals surface area contributed by atoms with Crippen LogP contribution in [-0.2, 0) is 0 Å². The fraction of sp³-hybridized carbons (Fsp3) is 0.0435. The normalized spacial score (nSPS) is 11.1. The number of benzene rings is 1. The second-order valence-electron chi connectivity index (χ2n) is 6.71. The second kappa shape index (κ2) is 6.83. The molecule has 0 saturated carbocycles. The van der Waals surface area contributed by atoms with Crippen molar-refractivity contribution in [3.05, 3.63) is 90.6 Å². The minimum absolute atomic E-state index is 0.216. The fourth-order valence-electron chi connectivity index (χ4n) is 3.59. The van der Waals surface area contributed by atoms with Crippen molar-refractivity contribution in [3.8, 4) is 11.3 Å². The molecule has 0 atom stereocenters. The molecule has 0 saturated heterocycles. The van der Waals surface area contributed by atoms with E-state index in [2.05, 4.69) is 20.3 Å². The predicted molar refractivity (Wildman–Crippen MR) is 113 cm³/mol. The lowest BCUT2D eigenvalue weighted by molar-refractivity contribution is 0.102. The summed E-state index contributed by atoms with van der Waals surface area (Å²) >= 11 is 0. The van der Waals surface area contributed by atoms with E-state index in [4.69, 9.17) is 0 Å². The topological polar surface area (TPSA) is 72.2 Å². The Kier molecular flexibility index (Phi) is 4.02. The molecule has 0 spiro atoms. The van der Waals surface area contributed by atoms with Gasteiger partial charge in [0.15, 0.2) is 0 Å². The van der Waals surface area contributed by atoms with Crippen molar-refractivity contribution in [3.63, 3.8) is 0 Å². The van der Waals surface area contributed by atoms with Crippen molar-refractivity contribution >= 4 is 28.1 Å². The van der Waals surface area contributed by atoms with E-state index in [-0.39, 0.29) is 5.91 Å². The number of fused-ring (bicyclic) bond motifs is 3. The maximum atomic E-state index is 13.4. The Bertz CT molecular complexity index is 1360. The Morgan fingerprint density at radius 3 is 2.59 bits per heavy atom. The number of amides is 1. The maximum absolute atomic E-state index is 13.4. The minimum Gasteiger partial charge on any atom is -0.320 e. The van der Waals surface area contributed by atoms with Gasteiger partial charge in [-0.25, -0.2) is 9.97 Å². The summed E-state index contributed by atoms with van der Waals surface area (Å²) in [5, 5.41) is 3.73. The Morgan fingerprint density at radius 1 is 0.931 bits per heavy atom. The molecule has 0 fully saturated rings. The van der Waals surface area contributed by atoms with Gasteiger partial charge in [-0.2, -0.15) is 0 Å². The Labute approximate surface area is 166 Å². The molecule has 0 radical (unpaired) electrons. The van der Waals surface area contributed by atoms with Crippen molar-refractivity contribution in [2.45, 2.75) is 6.92 Å². The molecule has 5 aromatic rings. The molecule has 5 rings (SSSR count). The van der Waals surface area contributed by atoms with E-state index in [1.165, 1.54) is 6.33 Å². The zero-order valence-corrected chi connectivity index (χ0v) is 15.7. The number of anilines is 1. The van der Waals surface area contributed by atoms with Crippen molar-refractivity contribution in [1.82, 2.24) is 19.4 Å². The van der Waals surface area contributed by atoms with Crippen molar-refractivity contribution < 1.29 is 4.79 Å². The van der Waals surface area contributed by atoms with Crippen molar-refractivity contribution in [2.24, 2.45) is 0 Å². The van der Waals surface area contributed by atoms with Gasteiger partial charge in [-0.1, -0.05) is 36.4 Å². The first kappa shape index (κ1) is 17.1. The van der Waals surface area contributed by atoms with Crippen LogP contribution in [0.2, 0.25) is 0 Å². The van der Waals surface area contributed by atoms with E-state index < -0.39 is 0 Å². The van der Waals surface area contributed by atoms with Gasteiger partial charge >= 0.3 is 0 Å². The van der Waals surface area contributed by atoms with Gasteiger partial charge in [0.1, 0.15) is 12.0 Å². The molecule has 1 amide bonds. The van der Waals surface area contributed by atoms with Gasteiger partial charge in [-0.05, 0) is 31.2 Å². The Balaban J connectivity index is 1.79. The molecular weight excluding hydrogens is 362 g/mol. The summed E-state index contributed by atoms with van der Waals surface area (Å²) in [5.41, 5.74) is 5.12. The van der Waals surface area contributed by atoms with Crippen molar-refractivity contribution in [2.75, 3.05) is 5.32 Å². The summed E-state index contributed by atoms with van der Waals surface area (Å²) in [7, 11) is 0. The van der Waals surface area contributed by atoms with Crippen LogP contribution >= 0.6 is 0 Å². The highest BCUT2D eigenvalue weighted by Crippen LogP contribution is 2.33. The quantitative estimate of drug-likeness (QED) is 0.501. The molecule has 4 heterocycles. The van der Waals surface area contributed by atoms with E-state index in [1.54, 1.807) is 12.3 Å². The zero-order valence-electron chi connectivity index (χ0n) is 15.7. The van der Waals surface area contributed by atoms with Gasteiger partial charge in [-0.15, -0.1) is 0 Å². The van der Waals surface area contributed by atoms with E-state index >= 15 is 0 Å². The number of hydrogen-bond donors (Lipinski definition) is 1. The lowest BCUT2D eigenvalue weighted by Crippen LogP contribution is -2.13. The van der Waals surface area contributed by atoms with E-state index in [9.17, 15) is 4.79 Å². The summed E-state index contributed by atoms with van der Waals surface area (Å²) < 4.78 is 1.93. The number of nitrogens with zero attached hydrogens (tertiary/aromatic N) is 4. The Hall–Kier alpha value is -4.06. The van der Waals surface area contributed by atoms with Crippen LogP contribution in [-0.4, -0.2) is 25.3 Å². The summed E-state index contributed by atoms with van der Waals surface area (Å²) in [6, 6.07) is 19.2. The summed E-state index contributed by atoms with van der Waals surface area (Å²) in [5.74, 6) is -0.216. The molecule has 6 nitrogen and oxygen atoms in total. The first-order chi connectivity index (χ1) is 14.2. The molecule has 0 aliphatic heterocycles. The largest absolute Gasteiger partial charge is 0.320 e. The number of carbonyl (C=O) groups excluding carboxylic acids is 1.